The summed E-state index contributed by atoms with van der Waals surface area (Å²) < 4.78 is 0.648. The molecule has 1 aromatic heterocycles. The maximum Gasteiger partial charge on any atom is 0.238 e. The van der Waals surface area contributed by atoms with Crippen LogP contribution in [-0.2, 0) is 0 Å². The van der Waals surface area contributed by atoms with Gasteiger partial charge in [-0.1, -0.05) is 51.9 Å². The lowest BCUT2D eigenvalue weighted by Crippen LogP contribution is -2.19. The summed E-state index contributed by atoms with van der Waals surface area (Å²) in [5.74, 6) is 0.104. The molecule has 0 saturated heterocycles. The maximum absolute atomic E-state index is 9.32. The van der Waals surface area contributed by atoms with Gasteiger partial charge < -0.3 is 16.7 Å². The average molecular weight is 281 g/mol. The minimum Gasteiger partial charge on any atom is -0.424 e. The summed E-state index contributed by atoms with van der Waals surface area (Å²) in [5.41, 5.74) is 11.5. The molecule has 5 N–H and O–H groups in total. The Hall–Kier alpha value is -1.72. The van der Waals surface area contributed by atoms with E-state index in [-0.39, 0.29) is 11.8 Å². The Morgan fingerprint density at radius 2 is 1.70 bits per heavy atom. The molecular weight excluding hydrogens is 254 g/mol. The van der Waals surface area contributed by atoms with Crippen LogP contribution < -0.4 is 17.0 Å². The monoisotopic (exact) mass is 281 g/mol. The fourth-order valence-electron chi connectivity index (χ4n) is 2.04. The number of aromatic nitrogens is 2. The molecule has 0 unspecified atom stereocenters. The van der Waals surface area contributed by atoms with E-state index in [0.717, 1.165) is 13.0 Å². The van der Waals surface area contributed by atoms with Crippen molar-refractivity contribution < 1.29 is 5.21 Å². The number of hydrogen-bond acceptors (Lipinski definition) is 5. The highest BCUT2D eigenvalue weighted by molar-refractivity contribution is 5.33. The molecule has 0 aromatic carbocycles. The fraction of sp³-hybridized carbons (Fsp3) is 0.714. The molecule has 0 radical (unpaired) electrons. The third kappa shape index (κ3) is 5.95. The number of rotatable bonds is 9. The van der Waals surface area contributed by atoms with Gasteiger partial charge in [0, 0.05) is 12.6 Å². The predicted octanol–water partition coefficient (Wildman–Crippen LogP) is 2.33. The van der Waals surface area contributed by atoms with Crippen LogP contribution in [0, 0.1) is 0 Å². The highest BCUT2D eigenvalue weighted by Crippen LogP contribution is 2.08. The molecule has 6 heteroatoms. The molecule has 0 bridgehead atoms. The molecule has 0 spiro atoms. The molecule has 0 saturated carbocycles. The standard InChI is InChI=1S/C14H27N5O/c1-2-3-4-5-6-7-8-9-10-17-13-11-12(15)19(20)14(16)18-13/h11,20H,2-10,15H2,1H3,(H2,16,17,18). The molecule has 6 nitrogen and oxygen atoms in total. The van der Waals surface area contributed by atoms with Gasteiger partial charge in [-0.15, -0.1) is 4.73 Å². The smallest absolute Gasteiger partial charge is 0.238 e. The van der Waals surface area contributed by atoms with E-state index in [0.29, 0.717) is 10.2 Å². The quantitative estimate of drug-likeness (QED) is 0.477. The van der Waals surface area contributed by atoms with Crippen LogP contribution in [0.1, 0.15) is 58.3 Å². The molecule has 0 aliphatic heterocycles. The van der Waals surface area contributed by atoms with Crippen LogP contribution in [-0.4, -0.2) is 21.5 Å². The van der Waals surface area contributed by atoms with Crippen LogP contribution in [0.15, 0.2) is 11.1 Å². The highest BCUT2D eigenvalue weighted by atomic mass is 16.5. The van der Waals surface area contributed by atoms with Gasteiger partial charge in [-0.05, 0) is 6.42 Å². The largest absolute Gasteiger partial charge is 0.424 e. The Morgan fingerprint density at radius 3 is 2.30 bits per heavy atom. The van der Waals surface area contributed by atoms with Gasteiger partial charge in [0.15, 0.2) is 5.49 Å². The fourth-order valence-corrected chi connectivity index (χ4v) is 2.04. The molecule has 20 heavy (non-hydrogen) atoms. The second-order valence-corrected chi connectivity index (χ2v) is 5.07. The van der Waals surface area contributed by atoms with Crippen LogP contribution >= 0.6 is 0 Å². The molecule has 0 aliphatic rings. The van der Waals surface area contributed by atoms with Gasteiger partial charge in [0.2, 0.25) is 5.95 Å². The van der Waals surface area contributed by atoms with E-state index in [2.05, 4.69) is 16.9 Å². The molecule has 0 aliphatic carbocycles. The van der Waals surface area contributed by atoms with Crippen LogP contribution in [0.2, 0.25) is 0 Å². The van der Waals surface area contributed by atoms with Crippen molar-refractivity contribution in [3.8, 4) is 0 Å². The number of hydrogen-bond donors (Lipinski definition) is 3. The predicted molar refractivity (Wildman–Crippen MR) is 81.3 cm³/mol. The minimum absolute atomic E-state index is 0.0420. The van der Waals surface area contributed by atoms with Crippen molar-refractivity contribution in [3.05, 3.63) is 11.6 Å². The zero-order valence-corrected chi connectivity index (χ0v) is 12.4. The van der Waals surface area contributed by atoms with Gasteiger partial charge in [0.05, 0.1) is 0 Å². The third-order valence-corrected chi connectivity index (χ3v) is 3.25. The molecule has 0 fully saturated rings. The Kier molecular flexibility index (Phi) is 7.54. The molecular formula is C14H27N5O. The second-order valence-electron chi connectivity index (χ2n) is 5.07. The number of nitrogen functional groups attached to an aromatic ring is 2. The first-order valence-corrected chi connectivity index (χ1v) is 7.50. The number of unbranched alkanes of at least 4 members (excludes halogenated alkanes) is 7. The highest BCUT2D eigenvalue weighted by Gasteiger charge is 1.99. The summed E-state index contributed by atoms with van der Waals surface area (Å²) in [4.78, 5) is 8.27. The zero-order valence-electron chi connectivity index (χ0n) is 12.4. The van der Waals surface area contributed by atoms with E-state index in [4.69, 9.17) is 11.5 Å². The Morgan fingerprint density at radius 1 is 1.10 bits per heavy atom. The van der Waals surface area contributed by atoms with Crippen molar-refractivity contribution in [2.75, 3.05) is 18.0 Å². The van der Waals surface area contributed by atoms with Gasteiger partial charge in [-0.2, -0.15) is 4.98 Å². The van der Waals surface area contributed by atoms with E-state index in [1.165, 1.54) is 51.0 Å². The average Bonchev–Trinajstić information content (AvgIpc) is 2.43. The lowest BCUT2D eigenvalue weighted by molar-refractivity contribution is 0.194. The van der Waals surface area contributed by atoms with E-state index in [9.17, 15) is 5.21 Å². The van der Waals surface area contributed by atoms with Gasteiger partial charge in [0.25, 0.3) is 0 Å². The SMILES string of the molecule is CCCCCCCCCCN=c1cc(N)n(O)c(N)n1. The number of nitrogens with zero attached hydrogens (tertiary/aromatic N) is 3. The van der Waals surface area contributed by atoms with E-state index in [1.54, 1.807) is 0 Å². The summed E-state index contributed by atoms with van der Waals surface area (Å²) in [7, 11) is 0. The van der Waals surface area contributed by atoms with Crippen LogP contribution in [0.5, 0.6) is 0 Å². The van der Waals surface area contributed by atoms with Crippen molar-refractivity contribution >= 4 is 11.8 Å². The maximum atomic E-state index is 9.32. The van der Waals surface area contributed by atoms with Crippen molar-refractivity contribution in [2.45, 2.75) is 58.3 Å². The van der Waals surface area contributed by atoms with Gasteiger partial charge >= 0.3 is 0 Å². The van der Waals surface area contributed by atoms with Crippen molar-refractivity contribution in [2.24, 2.45) is 4.99 Å². The lowest BCUT2D eigenvalue weighted by Gasteiger charge is -2.04. The lowest BCUT2D eigenvalue weighted by atomic mass is 10.1. The molecule has 1 rings (SSSR count). The summed E-state index contributed by atoms with van der Waals surface area (Å²) in [6.07, 6.45) is 10.2. The summed E-state index contributed by atoms with van der Waals surface area (Å²) >= 11 is 0. The molecule has 1 aromatic rings. The van der Waals surface area contributed by atoms with E-state index >= 15 is 0 Å². The Labute approximate surface area is 120 Å². The summed E-state index contributed by atoms with van der Waals surface area (Å²) in [6.45, 7) is 2.95. The normalized spacial score (nSPS) is 11.9. The van der Waals surface area contributed by atoms with Crippen molar-refractivity contribution in [3.63, 3.8) is 0 Å². The minimum atomic E-state index is -0.0420. The first-order valence-electron chi connectivity index (χ1n) is 7.50. The first-order chi connectivity index (χ1) is 9.65. The third-order valence-electron chi connectivity index (χ3n) is 3.25. The Balaban J connectivity index is 2.22. The summed E-state index contributed by atoms with van der Waals surface area (Å²) in [5, 5.41) is 9.32. The van der Waals surface area contributed by atoms with Gasteiger partial charge in [0.1, 0.15) is 5.82 Å². The van der Waals surface area contributed by atoms with Gasteiger partial charge in [-0.3, -0.25) is 4.99 Å². The zero-order chi connectivity index (χ0) is 14.8. The van der Waals surface area contributed by atoms with Crippen LogP contribution in [0.25, 0.3) is 0 Å². The van der Waals surface area contributed by atoms with Gasteiger partial charge in [-0.25, -0.2) is 0 Å². The topological polar surface area (TPSA) is 102 Å². The van der Waals surface area contributed by atoms with Crippen molar-refractivity contribution in [1.82, 2.24) is 9.71 Å². The van der Waals surface area contributed by atoms with Crippen molar-refractivity contribution in [1.29, 1.82) is 0 Å². The molecule has 114 valence electrons. The van der Waals surface area contributed by atoms with Crippen LogP contribution in [0.3, 0.4) is 0 Å². The molecule has 0 amide bonds. The molecule has 0 atom stereocenters. The van der Waals surface area contributed by atoms with E-state index < -0.39 is 0 Å². The molecule has 1 heterocycles. The summed E-state index contributed by atoms with van der Waals surface area (Å²) in [6, 6.07) is 1.51. The first kappa shape index (κ1) is 16.3. The number of anilines is 2. The van der Waals surface area contributed by atoms with Crippen LogP contribution in [0.4, 0.5) is 11.8 Å². The van der Waals surface area contributed by atoms with E-state index in [1.807, 2.05) is 0 Å². The Bertz CT molecular complexity index is 429. The second kappa shape index (κ2) is 9.23. The number of nitrogens with two attached hydrogens (primary N) is 2.